The summed E-state index contributed by atoms with van der Waals surface area (Å²) in [6, 6.07) is 25.0. The fourth-order valence-corrected chi connectivity index (χ4v) is 5.77. The Morgan fingerprint density at radius 2 is 1.18 bits per heavy atom. The summed E-state index contributed by atoms with van der Waals surface area (Å²) in [5.74, 6) is 1.16. The Balaban J connectivity index is 1.55. The van der Waals surface area contributed by atoms with Crippen molar-refractivity contribution in [3.8, 4) is 23.3 Å². The first-order chi connectivity index (χ1) is 18.4. The SMILES string of the molecule is COc1ccc(C(OC2C3OC(c4c3c(O)n(C)c4O)C2O)(c2ccccc2)c2ccc(OC)cc2)cc1. The lowest BCUT2D eigenvalue weighted by atomic mass is 9.79. The van der Waals surface area contributed by atoms with Crippen molar-refractivity contribution < 1.29 is 34.3 Å². The molecule has 3 heterocycles. The normalized spacial score (nSPS) is 21.9. The number of hydrogen-bond donors (Lipinski definition) is 3. The molecule has 8 nitrogen and oxygen atoms in total. The molecule has 4 aromatic rings. The molecule has 4 unspecified atom stereocenters. The van der Waals surface area contributed by atoms with Gasteiger partial charge in [0.2, 0.25) is 0 Å². The highest BCUT2D eigenvalue weighted by Gasteiger charge is 2.59. The summed E-state index contributed by atoms with van der Waals surface area (Å²) in [4.78, 5) is 0. The summed E-state index contributed by atoms with van der Waals surface area (Å²) >= 11 is 0. The Labute approximate surface area is 220 Å². The van der Waals surface area contributed by atoms with E-state index in [0.717, 1.165) is 16.7 Å². The van der Waals surface area contributed by atoms with Crippen molar-refractivity contribution in [1.82, 2.24) is 4.57 Å². The minimum absolute atomic E-state index is 0.107. The van der Waals surface area contributed by atoms with Crippen molar-refractivity contribution in [2.24, 2.45) is 7.05 Å². The van der Waals surface area contributed by atoms with Crippen LogP contribution in [0.15, 0.2) is 78.9 Å². The third-order valence-electron chi connectivity index (χ3n) is 7.70. The first-order valence-corrected chi connectivity index (χ1v) is 12.4. The third-order valence-corrected chi connectivity index (χ3v) is 7.70. The van der Waals surface area contributed by atoms with Gasteiger partial charge in [-0.25, -0.2) is 0 Å². The number of benzene rings is 3. The largest absolute Gasteiger partial charge is 0.497 e. The van der Waals surface area contributed by atoms with Gasteiger partial charge in [-0.05, 0) is 41.0 Å². The number of aliphatic hydroxyl groups is 1. The van der Waals surface area contributed by atoms with Gasteiger partial charge in [-0.2, -0.15) is 0 Å². The molecule has 0 aliphatic carbocycles. The zero-order chi connectivity index (χ0) is 26.6. The van der Waals surface area contributed by atoms with Gasteiger partial charge in [-0.15, -0.1) is 0 Å². The van der Waals surface area contributed by atoms with E-state index in [1.165, 1.54) is 4.57 Å². The third kappa shape index (κ3) is 3.41. The average molecular weight is 516 g/mol. The summed E-state index contributed by atoms with van der Waals surface area (Å²) in [5.41, 5.74) is 2.13. The summed E-state index contributed by atoms with van der Waals surface area (Å²) in [7, 11) is 4.79. The van der Waals surface area contributed by atoms with Crippen molar-refractivity contribution in [3.05, 3.63) is 107 Å². The van der Waals surface area contributed by atoms with Gasteiger partial charge in [0.05, 0.1) is 25.3 Å². The van der Waals surface area contributed by atoms with Gasteiger partial charge in [-0.1, -0.05) is 54.6 Å². The average Bonchev–Trinajstić information content (AvgIpc) is 3.58. The number of fused-ring (bicyclic) bond motifs is 5. The maximum absolute atomic E-state index is 11.4. The molecule has 2 bridgehead atoms. The van der Waals surface area contributed by atoms with Gasteiger partial charge >= 0.3 is 0 Å². The zero-order valence-corrected chi connectivity index (χ0v) is 21.2. The van der Waals surface area contributed by atoms with Crippen LogP contribution < -0.4 is 9.47 Å². The van der Waals surface area contributed by atoms with Crippen molar-refractivity contribution >= 4 is 0 Å². The van der Waals surface area contributed by atoms with Crippen molar-refractivity contribution in [2.75, 3.05) is 14.2 Å². The smallest absolute Gasteiger partial charge is 0.200 e. The van der Waals surface area contributed by atoms with Gasteiger partial charge in [0.25, 0.3) is 0 Å². The van der Waals surface area contributed by atoms with E-state index in [1.54, 1.807) is 21.3 Å². The molecule has 1 aromatic heterocycles. The molecule has 0 amide bonds. The van der Waals surface area contributed by atoms with E-state index in [4.69, 9.17) is 18.9 Å². The van der Waals surface area contributed by atoms with E-state index < -0.39 is 30.0 Å². The lowest BCUT2D eigenvalue weighted by Crippen LogP contribution is -2.43. The molecule has 1 fully saturated rings. The minimum atomic E-state index is -1.17. The first-order valence-electron chi connectivity index (χ1n) is 12.4. The zero-order valence-electron chi connectivity index (χ0n) is 21.2. The quantitative estimate of drug-likeness (QED) is 0.315. The molecule has 196 valence electrons. The van der Waals surface area contributed by atoms with E-state index >= 15 is 0 Å². The Kier molecular flexibility index (Phi) is 5.83. The molecular formula is C30H29NO7. The van der Waals surface area contributed by atoms with Crippen LogP contribution in [0.1, 0.15) is 40.0 Å². The lowest BCUT2D eigenvalue weighted by Gasteiger charge is -2.40. The van der Waals surface area contributed by atoms with Crippen LogP contribution in [0, 0.1) is 0 Å². The van der Waals surface area contributed by atoms with Gasteiger partial charge in [0.1, 0.15) is 41.5 Å². The molecule has 3 aromatic carbocycles. The standard InChI is InChI=1S/C30H29NO7/c1-31-28(33)22-23(29(31)34)26-27(24(32)25(22)37-26)38-30(17-7-5-4-6-8-17,18-9-13-20(35-2)14-10-18)19-11-15-21(36-3)16-12-19/h4-16,24-27,32-34H,1-3H3. The second-order valence-electron chi connectivity index (χ2n) is 9.59. The summed E-state index contributed by atoms with van der Waals surface area (Å²) in [6.07, 6.45) is -3.55. The summed E-state index contributed by atoms with van der Waals surface area (Å²) in [5, 5.41) is 32.8. The fraction of sp³-hybridized carbons (Fsp3) is 0.267. The monoisotopic (exact) mass is 515 g/mol. The minimum Gasteiger partial charge on any atom is -0.497 e. The van der Waals surface area contributed by atoms with E-state index in [0.29, 0.717) is 22.6 Å². The van der Waals surface area contributed by atoms with Crippen LogP contribution in [0.5, 0.6) is 23.3 Å². The van der Waals surface area contributed by atoms with Crippen LogP contribution in [0.3, 0.4) is 0 Å². The second kappa shape index (κ2) is 9.09. The fourth-order valence-electron chi connectivity index (χ4n) is 5.77. The number of nitrogens with zero attached hydrogens (tertiary/aromatic N) is 1. The molecular weight excluding hydrogens is 486 g/mol. The van der Waals surface area contributed by atoms with Gasteiger partial charge < -0.3 is 34.3 Å². The molecule has 8 heteroatoms. The lowest BCUT2D eigenvalue weighted by molar-refractivity contribution is -0.106. The number of aromatic hydroxyl groups is 2. The highest BCUT2D eigenvalue weighted by molar-refractivity contribution is 5.55. The molecule has 2 aliphatic rings. The molecule has 0 saturated carbocycles. The maximum Gasteiger partial charge on any atom is 0.200 e. The number of aliphatic hydroxyl groups excluding tert-OH is 1. The number of ether oxygens (including phenoxy) is 4. The highest BCUT2D eigenvalue weighted by Crippen LogP contribution is 2.60. The van der Waals surface area contributed by atoms with Crippen molar-refractivity contribution in [1.29, 1.82) is 0 Å². The number of methoxy groups -OCH3 is 2. The maximum atomic E-state index is 11.4. The molecule has 0 radical (unpaired) electrons. The second-order valence-corrected chi connectivity index (χ2v) is 9.59. The molecule has 2 aliphatic heterocycles. The van der Waals surface area contributed by atoms with Crippen LogP contribution in [0.2, 0.25) is 0 Å². The summed E-state index contributed by atoms with van der Waals surface area (Å²) < 4.78 is 25.3. The molecule has 6 rings (SSSR count). The van der Waals surface area contributed by atoms with Crippen LogP contribution in [-0.4, -0.2) is 46.3 Å². The Hall–Kier alpha value is -3.98. The van der Waals surface area contributed by atoms with Crippen LogP contribution in [-0.2, 0) is 22.1 Å². The van der Waals surface area contributed by atoms with Crippen LogP contribution in [0.25, 0.3) is 0 Å². The Morgan fingerprint density at radius 3 is 1.68 bits per heavy atom. The molecule has 1 saturated heterocycles. The van der Waals surface area contributed by atoms with E-state index in [1.807, 2.05) is 78.9 Å². The predicted molar refractivity (Wildman–Crippen MR) is 139 cm³/mol. The Morgan fingerprint density at radius 1 is 0.711 bits per heavy atom. The summed E-state index contributed by atoms with van der Waals surface area (Å²) in [6.45, 7) is 0. The molecule has 38 heavy (non-hydrogen) atoms. The van der Waals surface area contributed by atoms with Crippen molar-refractivity contribution in [2.45, 2.75) is 30.0 Å². The number of rotatable bonds is 7. The first kappa shape index (κ1) is 24.4. The van der Waals surface area contributed by atoms with Crippen molar-refractivity contribution in [3.63, 3.8) is 0 Å². The van der Waals surface area contributed by atoms with Crippen LogP contribution >= 0.6 is 0 Å². The Bertz CT molecular complexity index is 1400. The molecule has 4 atom stereocenters. The van der Waals surface area contributed by atoms with Gasteiger partial charge in [-0.3, -0.25) is 4.57 Å². The number of hydrogen-bond acceptors (Lipinski definition) is 7. The number of aromatic nitrogens is 1. The van der Waals surface area contributed by atoms with Gasteiger partial charge in [0.15, 0.2) is 11.8 Å². The van der Waals surface area contributed by atoms with E-state index in [-0.39, 0.29) is 11.8 Å². The van der Waals surface area contributed by atoms with E-state index in [9.17, 15) is 15.3 Å². The van der Waals surface area contributed by atoms with E-state index in [2.05, 4.69) is 0 Å². The highest BCUT2D eigenvalue weighted by atomic mass is 16.6. The molecule has 0 spiro atoms. The predicted octanol–water partition coefficient (Wildman–Crippen LogP) is 4.32. The van der Waals surface area contributed by atoms with Crippen LogP contribution in [0.4, 0.5) is 0 Å². The molecule has 3 N–H and O–H groups in total. The van der Waals surface area contributed by atoms with Gasteiger partial charge in [0, 0.05) is 7.05 Å². The topological polar surface area (TPSA) is 103 Å².